The Bertz CT molecular complexity index is 382. The van der Waals surface area contributed by atoms with E-state index in [1.807, 2.05) is 32.9 Å². The van der Waals surface area contributed by atoms with E-state index in [4.69, 9.17) is 21.8 Å². The molecule has 1 aromatic carbocycles. The van der Waals surface area contributed by atoms with Crippen LogP contribution in [0.5, 0.6) is 0 Å². The third-order valence-corrected chi connectivity index (χ3v) is 2.68. The first-order valence-corrected chi connectivity index (χ1v) is 6.24. The third-order valence-electron chi connectivity index (χ3n) is 2.26. The highest BCUT2D eigenvalue weighted by Crippen LogP contribution is 2.16. The van der Waals surface area contributed by atoms with Gasteiger partial charge in [-0.1, -0.05) is 37.6 Å². The van der Waals surface area contributed by atoms with Crippen molar-refractivity contribution in [3.8, 4) is 0 Å². The largest absolute Gasteiger partial charge is 0.480 e. The number of benzene rings is 1. The normalized spacial score (nSPS) is 11.4. The molecule has 0 aliphatic heterocycles. The van der Waals surface area contributed by atoms with Crippen LogP contribution >= 0.6 is 11.6 Å². The van der Waals surface area contributed by atoms with E-state index in [9.17, 15) is 4.79 Å². The van der Waals surface area contributed by atoms with Gasteiger partial charge in [0.1, 0.15) is 6.04 Å². The fourth-order valence-electron chi connectivity index (χ4n) is 1.29. The smallest absolute Gasteiger partial charge is 0.323 e. The number of hydrogen-bond donors (Lipinski definition) is 3. The fourth-order valence-corrected chi connectivity index (χ4v) is 1.41. The first-order valence-electron chi connectivity index (χ1n) is 5.86. The second-order valence-corrected chi connectivity index (χ2v) is 3.95. The molecule has 102 valence electrons. The molecule has 0 saturated carbocycles. The van der Waals surface area contributed by atoms with Crippen LogP contribution in [0.1, 0.15) is 25.0 Å². The number of aliphatic hydroxyl groups excluding tert-OH is 1. The molecule has 1 rings (SSSR count). The van der Waals surface area contributed by atoms with Gasteiger partial charge in [0.2, 0.25) is 0 Å². The van der Waals surface area contributed by atoms with E-state index >= 15 is 0 Å². The molecule has 0 aliphatic rings. The zero-order chi connectivity index (χ0) is 14.1. The van der Waals surface area contributed by atoms with Crippen molar-refractivity contribution >= 4 is 17.6 Å². The molecule has 0 bridgehead atoms. The van der Waals surface area contributed by atoms with Gasteiger partial charge in [0.05, 0.1) is 6.61 Å². The molecule has 0 fully saturated rings. The minimum atomic E-state index is -1.06. The lowest BCUT2D eigenvalue weighted by molar-refractivity contribution is -0.140. The number of aliphatic carboxylic acids is 1. The SMILES string of the molecule is CC.Cc1cc(CNC(CO)C(=O)O)ccc1Cl. The number of aliphatic hydroxyl groups is 1. The summed E-state index contributed by atoms with van der Waals surface area (Å²) >= 11 is 5.87. The predicted molar refractivity (Wildman–Crippen MR) is 72.9 cm³/mol. The maximum Gasteiger partial charge on any atom is 0.323 e. The molecule has 0 aliphatic carbocycles. The molecule has 18 heavy (non-hydrogen) atoms. The molecule has 0 radical (unpaired) electrons. The van der Waals surface area contributed by atoms with E-state index < -0.39 is 18.6 Å². The van der Waals surface area contributed by atoms with E-state index in [1.165, 1.54) is 0 Å². The second kappa shape index (κ2) is 8.91. The van der Waals surface area contributed by atoms with Crippen molar-refractivity contribution in [1.82, 2.24) is 5.32 Å². The van der Waals surface area contributed by atoms with Crippen LogP contribution in [0, 0.1) is 6.92 Å². The van der Waals surface area contributed by atoms with Crippen LogP contribution in [0.25, 0.3) is 0 Å². The van der Waals surface area contributed by atoms with Crippen molar-refractivity contribution in [3.63, 3.8) is 0 Å². The standard InChI is InChI=1S/C11H14ClNO3.C2H6/c1-7-4-8(2-3-9(7)12)5-13-10(6-14)11(15)16;1-2/h2-4,10,13-14H,5-6H2,1H3,(H,15,16);1-2H3. The van der Waals surface area contributed by atoms with Gasteiger partial charge in [-0.15, -0.1) is 0 Å². The van der Waals surface area contributed by atoms with Gasteiger partial charge in [0.15, 0.2) is 0 Å². The molecule has 0 spiro atoms. The maximum atomic E-state index is 10.6. The summed E-state index contributed by atoms with van der Waals surface area (Å²) in [4.78, 5) is 10.6. The number of carboxylic acid groups (broad SMARTS) is 1. The van der Waals surface area contributed by atoms with E-state index in [2.05, 4.69) is 5.32 Å². The maximum absolute atomic E-state index is 10.6. The van der Waals surface area contributed by atoms with Crippen molar-refractivity contribution in [2.75, 3.05) is 6.61 Å². The van der Waals surface area contributed by atoms with E-state index in [0.717, 1.165) is 11.1 Å². The Morgan fingerprint density at radius 3 is 2.50 bits per heavy atom. The topological polar surface area (TPSA) is 69.6 Å². The quantitative estimate of drug-likeness (QED) is 0.769. The number of nitrogens with one attached hydrogen (secondary N) is 1. The highest BCUT2D eigenvalue weighted by molar-refractivity contribution is 6.31. The van der Waals surface area contributed by atoms with E-state index in [1.54, 1.807) is 6.07 Å². The number of carbonyl (C=O) groups is 1. The van der Waals surface area contributed by atoms with Crippen LogP contribution < -0.4 is 5.32 Å². The summed E-state index contributed by atoms with van der Waals surface area (Å²) in [5, 5.41) is 20.9. The Morgan fingerprint density at radius 2 is 2.06 bits per heavy atom. The minimum absolute atomic E-state index is 0.384. The van der Waals surface area contributed by atoms with Gasteiger partial charge in [0, 0.05) is 11.6 Å². The molecule has 1 aromatic rings. The Hall–Kier alpha value is -1.10. The van der Waals surface area contributed by atoms with Crippen LogP contribution in [0.15, 0.2) is 18.2 Å². The van der Waals surface area contributed by atoms with Crippen molar-refractivity contribution in [3.05, 3.63) is 34.3 Å². The van der Waals surface area contributed by atoms with Crippen LogP contribution in [0.3, 0.4) is 0 Å². The predicted octanol–water partition coefficient (Wildman–Crippen LogP) is 2.21. The molecule has 5 heteroatoms. The van der Waals surface area contributed by atoms with Gasteiger partial charge in [-0.2, -0.15) is 0 Å². The first-order chi connectivity index (χ1) is 8.54. The summed E-state index contributed by atoms with van der Waals surface area (Å²) in [5.74, 6) is -1.06. The molecule has 0 aromatic heterocycles. The number of halogens is 1. The lowest BCUT2D eigenvalue weighted by atomic mass is 10.1. The molecule has 3 N–H and O–H groups in total. The van der Waals surface area contributed by atoms with Crippen molar-refractivity contribution in [1.29, 1.82) is 0 Å². The summed E-state index contributed by atoms with van der Waals surface area (Å²) in [6.07, 6.45) is 0. The minimum Gasteiger partial charge on any atom is -0.480 e. The molecule has 0 heterocycles. The summed E-state index contributed by atoms with van der Waals surface area (Å²) in [6, 6.07) is 4.53. The van der Waals surface area contributed by atoms with Crippen LogP contribution in [0.2, 0.25) is 5.02 Å². The zero-order valence-corrected chi connectivity index (χ0v) is 11.7. The summed E-state index contributed by atoms with van der Waals surface area (Å²) in [5.41, 5.74) is 1.87. The fraction of sp³-hybridized carbons (Fsp3) is 0.462. The van der Waals surface area contributed by atoms with Crippen molar-refractivity contribution in [2.24, 2.45) is 0 Å². The average Bonchev–Trinajstić information content (AvgIpc) is 2.36. The lowest BCUT2D eigenvalue weighted by Crippen LogP contribution is -2.39. The van der Waals surface area contributed by atoms with Crippen LogP contribution in [0.4, 0.5) is 0 Å². The second-order valence-electron chi connectivity index (χ2n) is 3.54. The van der Waals surface area contributed by atoms with Gasteiger partial charge in [-0.05, 0) is 24.1 Å². The molecular weight excluding hydrogens is 254 g/mol. The van der Waals surface area contributed by atoms with Crippen LogP contribution in [-0.4, -0.2) is 28.8 Å². The molecule has 1 unspecified atom stereocenters. The summed E-state index contributed by atoms with van der Waals surface area (Å²) < 4.78 is 0. The number of hydrogen-bond acceptors (Lipinski definition) is 3. The Labute approximate surface area is 113 Å². The summed E-state index contributed by atoms with van der Waals surface area (Å²) in [6.45, 7) is 5.84. The molecule has 0 amide bonds. The lowest BCUT2D eigenvalue weighted by Gasteiger charge is -2.12. The van der Waals surface area contributed by atoms with Crippen molar-refractivity contribution < 1.29 is 15.0 Å². The van der Waals surface area contributed by atoms with Gasteiger partial charge in [-0.3, -0.25) is 10.1 Å². The summed E-state index contributed by atoms with van der Waals surface area (Å²) in [7, 11) is 0. The zero-order valence-electron chi connectivity index (χ0n) is 10.9. The van der Waals surface area contributed by atoms with Crippen molar-refractivity contribution in [2.45, 2.75) is 33.4 Å². The van der Waals surface area contributed by atoms with Gasteiger partial charge in [-0.25, -0.2) is 0 Å². The molecular formula is C13H20ClNO3. The first kappa shape index (κ1) is 16.9. The average molecular weight is 274 g/mol. The highest BCUT2D eigenvalue weighted by Gasteiger charge is 2.14. The Morgan fingerprint density at radius 1 is 1.44 bits per heavy atom. The van der Waals surface area contributed by atoms with E-state index in [0.29, 0.717) is 11.6 Å². The van der Waals surface area contributed by atoms with Gasteiger partial charge < -0.3 is 10.2 Å². The molecule has 0 saturated heterocycles. The Kier molecular flexibility index (Phi) is 8.37. The number of rotatable bonds is 5. The Balaban J connectivity index is 0.00000137. The monoisotopic (exact) mass is 273 g/mol. The third kappa shape index (κ3) is 5.49. The molecule has 4 nitrogen and oxygen atoms in total. The number of aryl methyl sites for hydroxylation is 1. The van der Waals surface area contributed by atoms with Gasteiger partial charge in [0.25, 0.3) is 0 Å². The highest BCUT2D eigenvalue weighted by atomic mass is 35.5. The van der Waals surface area contributed by atoms with Gasteiger partial charge >= 0.3 is 5.97 Å². The number of carboxylic acids is 1. The van der Waals surface area contributed by atoms with Crippen LogP contribution in [-0.2, 0) is 11.3 Å². The van der Waals surface area contributed by atoms with E-state index in [-0.39, 0.29) is 0 Å². The molecule has 1 atom stereocenters.